The molecule has 3 heteroatoms. The Morgan fingerprint density at radius 2 is 1.88 bits per heavy atom. The molecule has 0 aromatic carbocycles. The molecule has 0 fully saturated rings. The Kier molecular flexibility index (Phi) is 9.79. The molecule has 0 amide bonds. The normalized spacial score (nSPS) is 15.2. The maximum Gasteiger partial charge on any atom is 0.0558 e. The molecule has 0 aliphatic rings. The van der Waals surface area contributed by atoms with E-state index in [1.54, 1.807) is 0 Å². The highest BCUT2D eigenvalue weighted by atomic mass is 16.3. The summed E-state index contributed by atoms with van der Waals surface area (Å²) in [7, 11) is 0. The summed E-state index contributed by atoms with van der Waals surface area (Å²) in [6.45, 7) is 14.3. The van der Waals surface area contributed by atoms with Crippen molar-refractivity contribution in [2.24, 2.45) is 5.41 Å². The molecule has 0 aliphatic heterocycles. The highest BCUT2D eigenvalue weighted by molar-refractivity contribution is 4.80. The van der Waals surface area contributed by atoms with Crippen LogP contribution in [-0.2, 0) is 0 Å². The molecule has 0 saturated carbocycles. The van der Waals surface area contributed by atoms with Gasteiger partial charge in [-0.2, -0.15) is 0 Å². The van der Waals surface area contributed by atoms with Crippen molar-refractivity contribution < 1.29 is 5.11 Å². The van der Waals surface area contributed by atoms with Crippen molar-refractivity contribution in [3.05, 3.63) is 0 Å². The third kappa shape index (κ3) is 7.74. The average molecular weight is 244 g/mol. The molecule has 2 N–H and O–H groups in total. The van der Waals surface area contributed by atoms with Crippen LogP contribution in [0.4, 0.5) is 0 Å². The molecule has 0 rings (SSSR count). The molecule has 0 aromatic rings. The van der Waals surface area contributed by atoms with Crippen LogP contribution in [0.5, 0.6) is 0 Å². The Morgan fingerprint density at radius 3 is 2.35 bits per heavy atom. The number of hydrogen-bond donors (Lipinski definition) is 2. The Labute approximate surface area is 108 Å². The second kappa shape index (κ2) is 9.86. The number of aliphatic hydroxyl groups is 1. The van der Waals surface area contributed by atoms with Gasteiger partial charge in [0.05, 0.1) is 6.61 Å². The SMILES string of the molecule is CCCNCC(C)(CCC)CN(CC)CCO. The Morgan fingerprint density at radius 1 is 1.18 bits per heavy atom. The summed E-state index contributed by atoms with van der Waals surface area (Å²) in [5, 5.41) is 12.6. The monoisotopic (exact) mass is 244 g/mol. The van der Waals surface area contributed by atoms with Crippen LogP contribution in [0.3, 0.4) is 0 Å². The van der Waals surface area contributed by atoms with Crippen molar-refractivity contribution in [1.82, 2.24) is 10.2 Å². The number of aliphatic hydroxyl groups excluding tert-OH is 1. The van der Waals surface area contributed by atoms with Crippen LogP contribution >= 0.6 is 0 Å². The number of hydrogen-bond acceptors (Lipinski definition) is 3. The van der Waals surface area contributed by atoms with Crippen LogP contribution in [0, 0.1) is 5.41 Å². The minimum Gasteiger partial charge on any atom is -0.395 e. The van der Waals surface area contributed by atoms with Crippen molar-refractivity contribution in [2.75, 3.05) is 39.3 Å². The molecule has 0 radical (unpaired) electrons. The summed E-state index contributed by atoms with van der Waals surface area (Å²) in [6.07, 6.45) is 3.66. The van der Waals surface area contributed by atoms with E-state index < -0.39 is 0 Å². The highest BCUT2D eigenvalue weighted by Gasteiger charge is 2.25. The molecule has 17 heavy (non-hydrogen) atoms. The summed E-state index contributed by atoms with van der Waals surface area (Å²) >= 11 is 0. The Balaban J connectivity index is 4.24. The quantitative estimate of drug-likeness (QED) is 0.546. The first-order chi connectivity index (χ1) is 8.11. The molecule has 0 aromatic heterocycles. The largest absolute Gasteiger partial charge is 0.395 e. The van der Waals surface area contributed by atoms with E-state index in [9.17, 15) is 0 Å². The van der Waals surface area contributed by atoms with E-state index in [1.807, 2.05) is 0 Å². The summed E-state index contributed by atoms with van der Waals surface area (Å²) < 4.78 is 0. The zero-order valence-corrected chi connectivity index (χ0v) is 12.3. The molecule has 0 spiro atoms. The predicted molar refractivity (Wildman–Crippen MR) is 75.4 cm³/mol. The van der Waals surface area contributed by atoms with Crippen LogP contribution < -0.4 is 5.32 Å². The van der Waals surface area contributed by atoms with Gasteiger partial charge in [-0.3, -0.25) is 0 Å². The van der Waals surface area contributed by atoms with E-state index >= 15 is 0 Å². The first-order valence-corrected chi connectivity index (χ1v) is 7.15. The number of likely N-dealkylation sites (N-methyl/N-ethyl adjacent to an activating group) is 1. The van der Waals surface area contributed by atoms with Gasteiger partial charge in [0.2, 0.25) is 0 Å². The first-order valence-electron chi connectivity index (χ1n) is 7.15. The molecular formula is C14H32N2O. The third-order valence-electron chi connectivity index (χ3n) is 3.30. The topological polar surface area (TPSA) is 35.5 Å². The van der Waals surface area contributed by atoms with Gasteiger partial charge in [0.25, 0.3) is 0 Å². The molecule has 1 unspecified atom stereocenters. The van der Waals surface area contributed by atoms with E-state index in [2.05, 4.69) is 37.9 Å². The standard InChI is InChI=1S/C14H32N2O/c1-5-8-14(4,12-15-9-6-2)13-16(7-3)10-11-17/h15,17H,5-13H2,1-4H3. The molecule has 104 valence electrons. The van der Waals surface area contributed by atoms with Gasteiger partial charge in [0.15, 0.2) is 0 Å². The maximum atomic E-state index is 9.05. The molecule has 3 nitrogen and oxygen atoms in total. The lowest BCUT2D eigenvalue weighted by Gasteiger charge is -2.35. The van der Waals surface area contributed by atoms with Gasteiger partial charge in [-0.05, 0) is 31.3 Å². The highest BCUT2D eigenvalue weighted by Crippen LogP contribution is 2.23. The van der Waals surface area contributed by atoms with Gasteiger partial charge >= 0.3 is 0 Å². The third-order valence-corrected chi connectivity index (χ3v) is 3.30. The molecule has 0 aliphatic carbocycles. The number of nitrogens with one attached hydrogen (secondary N) is 1. The van der Waals surface area contributed by atoms with Crippen molar-refractivity contribution in [3.63, 3.8) is 0 Å². The lowest BCUT2D eigenvalue weighted by Crippen LogP contribution is -2.43. The lowest BCUT2D eigenvalue weighted by molar-refractivity contribution is 0.130. The van der Waals surface area contributed by atoms with Crippen molar-refractivity contribution in [2.45, 2.75) is 47.0 Å². The summed E-state index contributed by atoms with van der Waals surface area (Å²) in [4.78, 5) is 2.35. The van der Waals surface area contributed by atoms with Crippen molar-refractivity contribution >= 4 is 0 Å². The fourth-order valence-corrected chi connectivity index (χ4v) is 2.42. The minimum atomic E-state index is 0.262. The summed E-state index contributed by atoms with van der Waals surface area (Å²) in [5.74, 6) is 0. The average Bonchev–Trinajstić information content (AvgIpc) is 2.29. The second-order valence-corrected chi connectivity index (χ2v) is 5.33. The zero-order chi connectivity index (χ0) is 13.1. The van der Waals surface area contributed by atoms with Gasteiger partial charge in [-0.25, -0.2) is 0 Å². The molecule has 0 heterocycles. The van der Waals surface area contributed by atoms with E-state index in [-0.39, 0.29) is 6.61 Å². The van der Waals surface area contributed by atoms with Gasteiger partial charge in [-0.15, -0.1) is 0 Å². The van der Waals surface area contributed by atoms with Gasteiger partial charge in [0.1, 0.15) is 0 Å². The first kappa shape index (κ1) is 16.9. The van der Waals surface area contributed by atoms with Gasteiger partial charge in [-0.1, -0.05) is 34.1 Å². The Hall–Kier alpha value is -0.120. The number of rotatable bonds is 11. The van der Waals surface area contributed by atoms with Crippen LogP contribution in [0.25, 0.3) is 0 Å². The fourth-order valence-electron chi connectivity index (χ4n) is 2.42. The van der Waals surface area contributed by atoms with Crippen molar-refractivity contribution in [1.29, 1.82) is 0 Å². The van der Waals surface area contributed by atoms with Crippen LogP contribution in [0.1, 0.15) is 47.0 Å². The minimum absolute atomic E-state index is 0.262. The van der Waals surface area contributed by atoms with Crippen LogP contribution in [-0.4, -0.2) is 49.3 Å². The fraction of sp³-hybridized carbons (Fsp3) is 1.00. The summed E-state index contributed by atoms with van der Waals surface area (Å²) in [5.41, 5.74) is 0.328. The van der Waals surface area contributed by atoms with Crippen LogP contribution in [0.15, 0.2) is 0 Å². The van der Waals surface area contributed by atoms with Gasteiger partial charge < -0.3 is 15.3 Å². The lowest BCUT2D eigenvalue weighted by atomic mass is 9.84. The van der Waals surface area contributed by atoms with E-state index in [0.29, 0.717) is 5.41 Å². The molecule has 0 saturated heterocycles. The van der Waals surface area contributed by atoms with Crippen LogP contribution in [0.2, 0.25) is 0 Å². The van der Waals surface area contributed by atoms with E-state index in [0.717, 1.165) is 32.7 Å². The van der Waals surface area contributed by atoms with Crippen molar-refractivity contribution in [3.8, 4) is 0 Å². The zero-order valence-electron chi connectivity index (χ0n) is 12.3. The second-order valence-electron chi connectivity index (χ2n) is 5.33. The van der Waals surface area contributed by atoms with Gasteiger partial charge in [0, 0.05) is 19.6 Å². The molecule has 1 atom stereocenters. The molecular weight excluding hydrogens is 212 g/mol. The summed E-state index contributed by atoms with van der Waals surface area (Å²) in [6, 6.07) is 0. The van der Waals surface area contributed by atoms with E-state index in [4.69, 9.17) is 5.11 Å². The molecule has 0 bridgehead atoms. The Bertz CT molecular complexity index is 176. The smallest absolute Gasteiger partial charge is 0.0558 e. The number of nitrogens with zero attached hydrogens (tertiary/aromatic N) is 1. The maximum absolute atomic E-state index is 9.05. The predicted octanol–water partition coefficient (Wildman–Crippen LogP) is 2.11. The van der Waals surface area contributed by atoms with E-state index in [1.165, 1.54) is 19.3 Å².